The molecule has 0 saturated carbocycles. The van der Waals surface area contributed by atoms with Crippen molar-refractivity contribution in [2.24, 2.45) is 5.92 Å². The Bertz CT molecular complexity index is 570. The first-order valence-corrected chi connectivity index (χ1v) is 8.21. The Morgan fingerprint density at radius 1 is 1.30 bits per heavy atom. The number of aliphatic hydroxyl groups is 1. The zero-order valence-corrected chi connectivity index (χ0v) is 13.8. The summed E-state index contributed by atoms with van der Waals surface area (Å²) in [5, 5.41) is 8.98. The van der Waals surface area contributed by atoms with Crippen LogP contribution in [0.15, 0.2) is 30.3 Å². The fourth-order valence-corrected chi connectivity index (χ4v) is 3.71. The van der Waals surface area contributed by atoms with E-state index in [-0.39, 0.29) is 30.5 Å². The second kappa shape index (κ2) is 5.87. The van der Waals surface area contributed by atoms with Crippen LogP contribution in [0.3, 0.4) is 0 Å². The average Bonchev–Trinajstić information content (AvgIpc) is 2.79. The highest BCUT2D eigenvalue weighted by molar-refractivity contribution is 5.80. The first-order valence-electron chi connectivity index (χ1n) is 8.21. The summed E-state index contributed by atoms with van der Waals surface area (Å²) in [6.07, 6.45) is 0.785. The number of benzene rings is 1. The normalized spacial score (nSPS) is 26.1. The van der Waals surface area contributed by atoms with E-state index < -0.39 is 12.3 Å². The van der Waals surface area contributed by atoms with Crippen molar-refractivity contribution in [3.8, 4) is 0 Å². The lowest BCUT2D eigenvalue weighted by Crippen LogP contribution is -2.63. The largest absolute Gasteiger partial charge is 0.393 e. The molecule has 126 valence electrons. The lowest BCUT2D eigenvalue weighted by Gasteiger charge is -2.44. The Balaban J connectivity index is 1.62. The summed E-state index contributed by atoms with van der Waals surface area (Å²) in [7, 11) is 0. The minimum absolute atomic E-state index is 0.0235. The van der Waals surface area contributed by atoms with Gasteiger partial charge >= 0.3 is 0 Å². The summed E-state index contributed by atoms with van der Waals surface area (Å²) in [6.45, 7) is 5.39. The van der Waals surface area contributed by atoms with Crippen LogP contribution in [-0.2, 0) is 11.3 Å². The number of likely N-dealkylation sites (tertiary alicyclic amines) is 2. The van der Waals surface area contributed by atoms with Gasteiger partial charge in [-0.15, -0.1) is 0 Å². The first kappa shape index (κ1) is 16.4. The van der Waals surface area contributed by atoms with Crippen LogP contribution in [-0.4, -0.2) is 58.3 Å². The second-order valence-electron chi connectivity index (χ2n) is 7.58. The van der Waals surface area contributed by atoms with Crippen LogP contribution in [0, 0.1) is 5.92 Å². The number of hydrogen-bond acceptors (Lipinski definition) is 3. The van der Waals surface area contributed by atoms with Gasteiger partial charge in [-0.3, -0.25) is 9.69 Å². The topological polar surface area (TPSA) is 43.8 Å². The minimum atomic E-state index is -1.59. The zero-order valence-electron chi connectivity index (χ0n) is 13.8. The summed E-state index contributed by atoms with van der Waals surface area (Å²) in [6, 6.07) is 10.2. The first-order chi connectivity index (χ1) is 10.8. The summed E-state index contributed by atoms with van der Waals surface area (Å²) >= 11 is 0. The monoisotopic (exact) mass is 320 g/mol. The number of rotatable bonds is 4. The molecular formula is C18H25FN2O2. The zero-order chi connectivity index (χ0) is 16.7. The van der Waals surface area contributed by atoms with Gasteiger partial charge in [-0.05, 0) is 25.8 Å². The lowest BCUT2D eigenvalue weighted by molar-refractivity contribution is -0.152. The number of hydrogen-bond donors (Lipinski definition) is 1. The van der Waals surface area contributed by atoms with Gasteiger partial charge in [-0.2, -0.15) is 0 Å². The molecule has 0 aromatic heterocycles. The molecule has 1 N–H and O–H groups in total. The molecule has 1 aromatic rings. The average molecular weight is 320 g/mol. The molecule has 1 amide bonds. The minimum Gasteiger partial charge on any atom is -0.393 e. The second-order valence-corrected chi connectivity index (χ2v) is 7.58. The van der Waals surface area contributed by atoms with E-state index in [2.05, 4.69) is 30.9 Å². The summed E-state index contributed by atoms with van der Waals surface area (Å²) < 4.78 is 13.8. The summed E-state index contributed by atoms with van der Waals surface area (Å²) in [5.74, 6) is -0.0627. The van der Waals surface area contributed by atoms with Crippen molar-refractivity contribution in [2.45, 2.75) is 38.0 Å². The summed E-state index contributed by atoms with van der Waals surface area (Å²) in [4.78, 5) is 16.4. The Morgan fingerprint density at radius 3 is 2.57 bits per heavy atom. The number of aliphatic hydroxyl groups excluding tert-OH is 1. The molecule has 1 aromatic carbocycles. The van der Waals surface area contributed by atoms with E-state index in [4.69, 9.17) is 5.11 Å². The van der Waals surface area contributed by atoms with Crippen molar-refractivity contribution in [1.29, 1.82) is 0 Å². The molecule has 2 saturated heterocycles. The fourth-order valence-electron chi connectivity index (χ4n) is 3.71. The standard InChI is InChI=1S/C18H25FN2O2/c1-17(2)8-15(16(23)20-11-18(19,12-20)13-22)10-21(17)9-14-6-4-3-5-7-14/h3-7,15,22H,8-13H2,1-2H3. The molecule has 4 nitrogen and oxygen atoms in total. The van der Waals surface area contributed by atoms with Gasteiger partial charge in [-0.25, -0.2) is 4.39 Å². The maximum atomic E-state index is 13.8. The quantitative estimate of drug-likeness (QED) is 0.920. The van der Waals surface area contributed by atoms with E-state index in [1.54, 1.807) is 4.90 Å². The SMILES string of the molecule is CC1(C)CC(C(=O)N2CC(F)(CO)C2)CN1Cc1ccccc1. The summed E-state index contributed by atoms with van der Waals surface area (Å²) in [5.41, 5.74) is -0.404. The van der Waals surface area contributed by atoms with Crippen LogP contribution in [0.25, 0.3) is 0 Å². The number of carbonyl (C=O) groups is 1. The van der Waals surface area contributed by atoms with Crippen molar-refractivity contribution < 1.29 is 14.3 Å². The van der Waals surface area contributed by atoms with Crippen LogP contribution < -0.4 is 0 Å². The van der Waals surface area contributed by atoms with Gasteiger partial charge in [0.15, 0.2) is 5.67 Å². The van der Waals surface area contributed by atoms with Gasteiger partial charge in [-0.1, -0.05) is 30.3 Å². The van der Waals surface area contributed by atoms with Gasteiger partial charge in [0, 0.05) is 18.6 Å². The molecule has 0 radical (unpaired) electrons. The molecule has 0 bridgehead atoms. The number of carbonyl (C=O) groups excluding carboxylic acids is 1. The van der Waals surface area contributed by atoms with E-state index in [1.165, 1.54) is 5.56 Å². The highest BCUT2D eigenvalue weighted by Crippen LogP contribution is 2.36. The molecule has 23 heavy (non-hydrogen) atoms. The lowest BCUT2D eigenvalue weighted by atomic mass is 9.91. The van der Waals surface area contributed by atoms with Crippen LogP contribution >= 0.6 is 0 Å². The van der Waals surface area contributed by atoms with E-state index in [0.717, 1.165) is 13.0 Å². The number of amides is 1. The predicted molar refractivity (Wildman–Crippen MR) is 86.5 cm³/mol. The molecule has 1 unspecified atom stereocenters. The molecule has 0 spiro atoms. The highest BCUT2D eigenvalue weighted by atomic mass is 19.1. The molecule has 2 heterocycles. The smallest absolute Gasteiger partial charge is 0.227 e. The molecular weight excluding hydrogens is 295 g/mol. The third-order valence-electron chi connectivity index (χ3n) is 5.15. The predicted octanol–water partition coefficient (Wildman–Crippen LogP) is 1.83. The third kappa shape index (κ3) is 3.26. The maximum absolute atomic E-state index is 13.8. The molecule has 2 aliphatic rings. The van der Waals surface area contributed by atoms with Crippen LogP contribution in [0.2, 0.25) is 0 Å². The Hall–Kier alpha value is -1.46. The van der Waals surface area contributed by atoms with E-state index in [1.807, 2.05) is 18.2 Å². The number of halogens is 1. The van der Waals surface area contributed by atoms with Gasteiger partial charge in [0.25, 0.3) is 0 Å². The van der Waals surface area contributed by atoms with Gasteiger partial charge in [0.05, 0.1) is 25.6 Å². The van der Waals surface area contributed by atoms with E-state index >= 15 is 0 Å². The molecule has 2 aliphatic heterocycles. The van der Waals surface area contributed by atoms with Crippen molar-refractivity contribution in [2.75, 3.05) is 26.2 Å². The van der Waals surface area contributed by atoms with Gasteiger partial charge in [0.1, 0.15) is 0 Å². The molecule has 3 rings (SSSR count). The van der Waals surface area contributed by atoms with Crippen molar-refractivity contribution in [1.82, 2.24) is 9.80 Å². The fraction of sp³-hybridized carbons (Fsp3) is 0.611. The van der Waals surface area contributed by atoms with Crippen molar-refractivity contribution in [3.05, 3.63) is 35.9 Å². The van der Waals surface area contributed by atoms with Crippen LogP contribution in [0.1, 0.15) is 25.8 Å². The number of alkyl halides is 1. The highest BCUT2D eigenvalue weighted by Gasteiger charge is 2.49. The molecule has 0 aliphatic carbocycles. The Labute approximate surface area is 136 Å². The van der Waals surface area contributed by atoms with Crippen molar-refractivity contribution >= 4 is 5.91 Å². The molecule has 1 atom stereocenters. The Kier molecular flexibility index (Phi) is 4.19. The maximum Gasteiger partial charge on any atom is 0.227 e. The number of nitrogens with zero attached hydrogens (tertiary/aromatic N) is 2. The molecule has 5 heteroatoms. The Morgan fingerprint density at radius 2 is 1.96 bits per heavy atom. The van der Waals surface area contributed by atoms with E-state index in [9.17, 15) is 9.18 Å². The third-order valence-corrected chi connectivity index (χ3v) is 5.15. The molecule has 2 fully saturated rings. The van der Waals surface area contributed by atoms with Crippen molar-refractivity contribution in [3.63, 3.8) is 0 Å². The van der Waals surface area contributed by atoms with E-state index in [0.29, 0.717) is 6.54 Å². The van der Waals surface area contributed by atoms with Gasteiger partial charge in [0.2, 0.25) is 5.91 Å². The van der Waals surface area contributed by atoms with Crippen LogP contribution in [0.4, 0.5) is 4.39 Å². The van der Waals surface area contributed by atoms with Gasteiger partial charge < -0.3 is 10.0 Å². The van der Waals surface area contributed by atoms with Crippen LogP contribution in [0.5, 0.6) is 0 Å².